The molecule has 0 saturated heterocycles. The molecule has 0 aliphatic rings. The molecular weight excluding hydrogens is 262 g/mol. The number of rotatable bonds is 6. The zero-order valence-corrected chi connectivity index (χ0v) is 11.3. The number of halogens is 1. The van der Waals surface area contributed by atoms with Crippen molar-refractivity contribution in [2.75, 3.05) is 6.54 Å². The van der Waals surface area contributed by atoms with E-state index in [1.807, 2.05) is 30.3 Å². The van der Waals surface area contributed by atoms with Crippen LogP contribution in [0.15, 0.2) is 42.7 Å². The minimum absolute atomic E-state index is 0.0460. The van der Waals surface area contributed by atoms with E-state index >= 15 is 0 Å². The van der Waals surface area contributed by atoms with Gasteiger partial charge in [-0.2, -0.15) is 5.10 Å². The Hall–Kier alpha value is -1.81. The molecule has 2 rings (SSSR count). The van der Waals surface area contributed by atoms with Crippen molar-refractivity contribution in [3.8, 4) is 0 Å². The molecule has 0 fully saturated rings. The summed E-state index contributed by atoms with van der Waals surface area (Å²) >= 11 is 5.76. The number of benzene rings is 1. The average molecular weight is 278 g/mol. The predicted octanol–water partition coefficient (Wildman–Crippen LogP) is 2.29. The fourth-order valence-corrected chi connectivity index (χ4v) is 1.93. The molecule has 0 aliphatic carbocycles. The lowest BCUT2D eigenvalue weighted by molar-refractivity contribution is -0.120. The Morgan fingerprint density at radius 2 is 2.11 bits per heavy atom. The maximum Gasteiger partial charge on any atom is 0.224 e. The third-order valence-corrected chi connectivity index (χ3v) is 2.89. The van der Waals surface area contributed by atoms with Crippen molar-refractivity contribution >= 4 is 17.5 Å². The van der Waals surface area contributed by atoms with E-state index in [0.29, 0.717) is 18.0 Å². The summed E-state index contributed by atoms with van der Waals surface area (Å²) in [5.41, 5.74) is 1.03. The van der Waals surface area contributed by atoms with Crippen LogP contribution in [0, 0.1) is 0 Å². The lowest BCUT2D eigenvalue weighted by atomic mass is 10.1. The molecule has 4 nitrogen and oxygen atoms in total. The van der Waals surface area contributed by atoms with Crippen LogP contribution in [0.1, 0.15) is 12.0 Å². The van der Waals surface area contributed by atoms with Crippen molar-refractivity contribution in [2.45, 2.75) is 19.4 Å². The smallest absolute Gasteiger partial charge is 0.224 e. The molecule has 1 aromatic heterocycles. The highest BCUT2D eigenvalue weighted by molar-refractivity contribution is 6.30. The van der Waals surface area contributed by atoms with Gasteiger partial charge in [0.05, 0.1) is 17.6 Å². The molecule has 0 radical (unpaired) electrons. The zero-order valence-electron chi connectivity index (χ0n) is 10.6. The third-order valence-electron chi connectivity index (χ3n) is 2.70. The molecule has 0 bridgehead atoms. The lowest BCUT2D eigenvalue weighted by Gasteiger charge is -2.05. The first-order valence-corrected chi connectivity index (χ1v) is 6.60. The van der Waals surface area contributed by atoms with Gasteiger partial charge in [-0.3, -0.25) is 9.48 Å². The van der Waals surface area contributed by atoms with E-state index < -0.39 is 0 Å². The predicted molar refractivity (Wildman–Crippen MR) is 75.0 cm³/mol. The van der Waals surface area contributed by atoms with Crippen LogP contribution in [-0.4, -0.2) is 22.2 Å². The van der Waals surface area contributed by atoms with Crippen LogP contribution >= 0.6 is 11.6 Å². The summed E-state index contributed by atoms with van der Waals surface area (Å²) in [6.07, 6.45) is 4.63. The Morgan fingerprint density at radius 3 is 2.79 bits per heavy atom. The summed E-state index contributed by atoms with van der Waals surface area (Å²) in [7, 11) is 0. The fourth-order valence-electron chi connectivity index (χ4n) is 1.77. The highest BCUT2D eigenvalue weighted by atomic mass is 35.5. The summed E-state index contributed by atoms with van der Waals surface area (Å²) in [4.78, 5) is 11.7. The Bertz CT molecular complexity index is 524. The van der Waals surface area contributed by atoms with E-state index in [4.69, 9.17) is 11.6 Å². The summed E-state index contributed by atoms with van der Waals surface area (Å²) < 4.78 is 1.77. The Labute approximate surface area is 117 Å². The van der Waals surface area contributed by atoms with Crippen molar-refractivity contribution in [2.24, 2.45) is 0 Å². The first kappa shape index (κ1) is 13.6. The largest absolute Gasteiger partial charge is 0.356 e. The monoisotopic (exact) mass is 277 g/mol. The van der Waals surface area contributed by atoms with Gasteiger partial charge in [0.15, 0.2) is 0 Å². The average Bonchev–Trinajstić information content (AvgIpc) is 2.82. The van der Waals surface area contributed by atoms with Crippen molar-refractivity contribution in [1.29, 1.82) is 0 Å². The minimum Gasteiger partial charge on any atom is -0.356 e. The molecule has 0 saturated carbocycles. The molecule has 0 aliphatic heterocycles. The molecule has 1 aromatic carbocycles. The molecule has 2 aromatic rings. The van der Waals surface area contributed by atoms with Crippen LogP contribution in [-0.2, 0) is 17.8 Å². The number of aryl methyl sites for hydroxylation is 1. The molecule has 100 valence electrons. The van der Waals surface area contributed by atoms with Gasteiger partial charge in [-0.25, -0.2) is 0 Å². The summed E-state index contributed by atoms with van der Waals surface area (Å²) in [5, 5.41) is 7.60. The first-order valence-electron chi connectivity index (χ1n) is 6.22. The van der Waals surface area contributed by atoms with Crippen molar-refractivity contribution in [3.05, 3.63) is 53.3 Å². The number of hydrogen-bond acceptors (Lipinski definition) is 2. The molecular formula is C14H16ClN3O. The van der Waals surface area contributed by atoms with Crippen LogP contribution in [0.3, 0.4) is 0 Å². The van der Waals surface area contributed by atoms with Crippen molar-refractivity contribution < 1.29 is 4.79 Å². The number of hydrogen-bond donors (Lipinski definition) is 1. The highest BCUT2D eigenvalue weighted by Crippen LogP contribution is 2.04. The number of carbonyl (C=O) groups is 1. The molecule has 0 atom stereocenters. The second-order valence-electron chi connectivity index (χ2n) is 4.29. The van der Waals surface area contributed by atoms with Crippen LogP contribution < -0.4 is 5.32 Å². The van der Waals surface area contributed by atoms with Crippen LogP contribution in [0.4, 0.5) is 0 Å². The number of amides is 1. The minimum atomic E-state index is 0.0460. The molecule has 1 N–H and O–H groups in total. The van der Waals surface area contributed by atoms with E-state index in [-0.39, 0.29) is 5.91 Å². The Morgan fingerprint density at radius 1 is 1.32 bits per heavy atom. The van der Waals surface area contributed by atoms with E-state index in [1.54, 1.807) is 17.1 Å². The normalized spacial score (nSPS) is 10.4. The number of nitrogens with one attached hydrogen (secondary N) is 1. The molecule has 0 unspecified atom stereocenters. The fraction of sp³-hybridized carbons (Fsp3) is 0.286. The van der Waals surface area contributed by atoms with Gasteiger partial charge in [-0.15, -0.1) is 0 Å². The van der Waals surface area contributed by atoms with Crippen LogP contribution in [0.5, 0.6) is 0 Å². The van der Waals surface area contributed by atoms with Crippen LogP contribution in [0.25, 0.3) is 0 Å². The second kappa shape index (κ2) is 6.95. The van der Waals surface area contributed by atoms with Crippen molar-refractivity contribution in [3.63, 3.8) is 0 Å². The van der Waals surface area contributed by atoms with Crippen LogP contribution in [0.2, 0.25) is 5.02 Å². The number of carbonyl (C=O) groups excluding carboxylic acids is 1. The van der Waals surface area contributed by atoms with Gasteiger partial charge in [-0.05, 0) is 12.0 Å². The number of nitrogens with zero attached hydrogens (tertiary/aromatic N) is 2. The van der Waals surface area contributed by atoms with Gasteiger partial charge < -0.3 is 5.32 Å². The Balaban J connectivity index is 1.64. The van der Waals surface area contributed by atoms with Gasteiger partial charge in [0, 0.05) is 19.3 Å². The maximum absolute atomic E-state index is 11.7. The summed E-state index contributed by atoms with van der Waals surface area (Å²) in [6, 6.07) is 9.71. The maximum atomic E-state index is 11.7. The van der Waals surface area contributed by atoms with Gasteiger partial charge in [0.25, 0.3) is 0 Å². The standard InChI is InChI=1S/C14H16ClN3O/c15-13-10-17-18(11-13)8-4-7-16-14(19)9-12-5-2-1-3-6-12/h1-3,5-6,10-11H,4,7-9H2,(H,16,19). The Kier molecular flexibility index (Phi) is 4.98. The first-order chi connectivity index (χ1) is 9.24. The molecule has 1 amide bonds. The molecule has 5 heteroatoms. The lowest BCUT2D eigenvalue weighted by Crippen LogP contribution is -2.26. The van der Waals surface area contributed by atoms with Gasteiger partial charge in [-0.1, -0.05) is 41.9 Å². The third kappa shape index (κ3) is 4.75. The van der Waals surface area contributed by atoms with E-state index in [0.717, 1.165) is 18.5 Å². The van der Waals surface area contributed by atoms with Crippen molar-refractivity contribution in [1.82, 2.24) is 15.1 Å². The topological polar surface area (TPSA) is 46.9 Å². The molecule has 0 spiro atoms. The molecule has 19 heavy (non-hydrogen) atoms. The highest BCUT2D eigenvalue weighted by Gasteiger charge is 2.02. The summed E-state index contributed by atoms with van der Waals surface area (Å²) in [6.45, 7) is 1.39. The van der Waals surface area contributed by atoms with Gasteiger partial charge in [0.2, 0.25) is 5.91 Å². The van der Waals surface area contributed by atoms with E-state index in [2.05, 4.69) is 10.4 Å². The zero-order chi connectivity index (χ0) is 13.5. The molecule has 1 heterocycles. The summed E-state index contributed by atoms with van der Waals surface area (Å²) in [5.74, 6) is 0.0460. The number of aromatic nitrogens is 2. The van der Waals surface area contributed by atoms with Gasteiger partial charge in [0.1, 0.15) is 0 Å². The SMILES string of the molecule is O=C(Cc1ccccc1)NCCCn1cc(Cl)cn1. The van der Waals surface area contributed by atoms with E-state index in [1.165, 1.54) is 0 Å². The van der Waals surface area contributed by atoms with E-state index in [9.17, 15) is 4.79 Å². The van der Waals surface area contributed by atoms with Gasteiger partial charge >= 0.3 is 0 Å². The quantitative estimate of drug-likeness (QED) is 0.824. The second-order valence-corrected chi connectivity index (χ2v) is 4.72.